The summed E-state index contributed by atoms with van der Waals surface area (Å²) in [5, 5.41) is 27.3. The van der Waals surface area contributed by atoms with Crippen LogP contribution in [0.25, 0.3) is 0 Å². The Morgan fingerprint density at radius 3 is 2.77 bits per heavy atom. The molecule has 0 aliphatic carbocycles. The van der Waals surface area contributed by atoms with Gasteiger partial charge < -0.3 is 0 Å². The van der Waals surface area contributed by atoms with E-state index in [0.717, 1.165) is 0 Å². The average Bonchev–Trinajstić information content (AvgIpc) is 2.03. The van der Waals surface area contributed by atoms with Crippen molar-refractivity contribution in [1.82, 2.24) is 3.44 Å². The molecule has 1 aromatic carbocycles. The molecule has 72 valence electrons. The number of aromatic carboxylic acids is 1. The third-order valence-corrected chi connectivity index (χ3v) is 2.88. The molecule has 0 aliphatic rings. The van der Waals surface area contributed by atoms with E-state index in [4.69, 9.17) is 10.3 Å². The number of hydrogen-bond acceptors (Lipinski definition) is 4. The van der Waals surface area contributed by atoms with Crippen LogP contribution >= 0.6 is 0 Å². The fourth-order valence-corrected chi connectivity index (χ4v) is 2.08. The third kappa shape index (κ3) is 3.27. The molecular weight excluding hydrogens is 289 g/mol. The predicted molar refractivity (Wildman–Crippen MR) is 39.1 cm³/mol. The molecule has 5 nitrogen and oxygen atoms in total. The van der Waals surface area contributed by atoms with E-state index in [1.54, 1.807) is 12.1 Å². The number of benzene rings is 1. The van der Waals surface area contributed by atoms with Crippen molar-refractivity contribution in [2.45, 2.75) is 0 Å². The Morgan fingerprint density at radius 2 is 2.23 bits per heavy atom. The number of carboxylic acids is 1. The van der Waals surface area contributed by atoms with Gasteiger partial charge in [-0.15, -0.1) is 0 Å². The first-order chi connectivity index (χ1) is 6.09. The number of nitrogens with zero attached hydrogens (tertiary/aromatic N) is 1. The molecule has 0 amide bonds. The maximum absolute atomic E-state index is 10.5. The van der Waals surface area contributed by atoms with Crippen LogP contribution in [0.2, 0.25) is 0 Å². The van der Waals surface area contributed by atoms with Gasteiger partial charge in [0.15, 0.2) is 0 Å². The number of rotatable bonds is 3. The van der Waals surface area contributed by atoms with Crippen LogP contribution < -0.4 is 21.5 Å². The van der Waals surface area contributed by atoms with E-state index in [0.29, 0.717) is 3.57 Å². The SMILES string of the molecule is O=C(O)c1cccc([I-]N([O-])O)c1. The second-order valence-corrected chi connectivity index (χ2v) is 4.68. The van der Waals surface area contributed by atoms with Gasteiger partial charge in [-0.3, -0.25) is 0 Å². The van der Waals surface area contributed by atoms with E-state index >= 15 is 0 Å². The normalized spacial score (nSPS) is 10.7. The van der Waals surface area contributed by atoms with Crippen molar-refractivity contribution < 1.29 is 36.6 Å². The fraction of sp³-hybridized carbons (Fsp3) is 0. The Morgan fingerprint density at radius 1 is 1.54 bits per heavy atom. The zero-order chi connectivity index (χ0) is 9.84. The second kappa shape index (κ2) is 4.51. The van der Waals surface area contributed by atoms with Gasteiger partial charge >= 0.3 is 84.6 Å². The van der Waals surface area contributed by atoms with Gasteiger partial charge in [0, 0.05) is 0 Å². The topological polar surface area (TPSA) is 83.8 Å². The number of carboxylic acid groups (broad SMARTS) is 1. The summed E-state index contributed by atoms with van der Waals surface area (Å²) < 4.78 is 0.427. The van der Waals surface area contributed by atoms with Crippen molar-refractivity contribution in [2.75, 3.05) is 0 Å². The van der Waals surface area contributed by atoms with Crippen molar-refractivity contribution in [1.29, 1.82) is 0 Å². The zero-order valence-corrected chi connectivity index (χ0v) is 8.50. The summed E-state index contributed by atoms with van der Waals surface area (Å²) in [7, 11) is 0. The minimum absolute atomic E-state index is 0.124. The molecule has 0 saturated carbocycles. The van der Waals surface area contributed by atoms with Crippen molar-refractivity contribution in [3.05, 3.63) is 38.6 Å². The molecule has 0 radical (unpaired) electrons. The number of hydrogen-bond donors (Lipinski definition) is 2. The van der Waals surface area contributed by atoms with E-state index in [1.807, 2.05) is 0 Å². The number of halogens is 1. The summed E-state index contributed by atoms with van der Waals surface area (Å²) in [4.78, 5) is 10.5. The van der Waals surface area contributed by atoms with E-state index in [2.05, 4.69) is 0 Å². The van der Waals surface area contributed by atoms with Crippen LogP contribution in [0.1, 0.15) is 10.4 Å². The molecule has 1 rings (SSSR count). The third-order valence-electron chi connectivity index (χ3n) is 1.24. The molecule has 0 aliphatic heterocycles. The predicted octanol–water partition coefficient (Wildman–Crippen LogP) is -2.25. The summed E-state index contributed by atoms with van der Waals surface area (Å²) in [5.41, 5.74) is 0.124. The van der Waals surface area contributed by atoms with E-state index < -0.39 is 27.4 Å². The quantitative estimate of drug-likeness (QED) is 0.374. The molecule has 0 unspecified atom stereocenters. The Balaban J connectivity index is 2.85. The van der Waals surface area contributed by atoms with Gasteiger partial charge in [-0.2, -0.15) is 0 Å². The Bertz CT molecular complexity index is 315. The van der Waals surface area contributed by atoms with Crippen LogP contribution in [0, 0.1) is 8.78 Å². The van der Waals surface area contributed by atoms with Gasteiger partial charge in [0.05, 0.1) is 0 Å². The fourth-order valence-electron chi connectivity index (χ4n) is 0.758. The molecule has 1 aromatic rings. The maximum atomic E-state index is 10.5. The Hall–Kier alpha value is -0.700. The Labute approximate surface area is 84.8 Å². The van der Waals surface area contributed by atoms with Crippen LogP contribution in [0.4, 0.5) is 0 Å². The molecule has 13 heavy (non-hydrogen) atoms. The molecule has 0 fully saturated rings. The first-order valence-corrected chi connectivity index (χ1v) is 5.28. The molecule has 0 spiro atoms. The molecule has 0 heterocycles. The van der Waals surface area contributed by atoms with Gasteiger partial charge in [0.1, 0.15) is 0 Å². The van der Waals surface area contributed by atoms with Gasteiger partial charge in [0.25, 0.3) is 0 Å². The van der Waals surface area contributed by atoms with Crippen LogP contribution in [-0.4, -0.2) is 19.7 Å². The number of carbonyl (C=O) groups is 1. The van der Waals surface area contributed by atoms with E-state index in [1.165, 1.54) is 12.1 Å². The van der Waals surface area contributed by atoms with Crippen molar-refractivity contribution >= 4 is 5.97 Å². The van der Waals surface area contributed by atoms with Gasteiger partial charge in [-0.25, -0.2) is 0 Å². The first kappa shape index (κ1) is 10.4. The zero-order valence-electron chi connectivity index (χ0n) is 6.35. The summed E-state index contributed by atoms with van der Waals surface area (Å²) >= 11 is -1.21. The summed E-state index contributed by atoms with van der Waals surface area (Å²) in [6.45, 7) is 0. The molecule has 0 atom stereocenters. The molecule has 0 bridgehead atoms. The molecular formula is C7H6INO4-2. The minimum atomic E-state index is -1.21. The van der Waals surface area contributed by atoms with Gasteiger partial charge in [-0.1, -0.05) is 0 Å². The first-order valence-electron chi connectivity index (χ1n) is 3.24. The van der Waals surface area contributed by atoms with Gasteiger partial charge in [-0.05, 0) is 0 Å². The van der Waals surface area contributed by atoms with Crippen LogP contribution in [0.5, 0.6) is 0 Å². The van der Waals surface area contributed by atoms with Gasteiger partial charge in [0.2, 0.25) is 0 Å². The molecule has 0 aromatic heterocycles. The molecule has 0 saturated heterocycles. The summed E-state index contributed by atoms with van der Waals surface area (Å²) in [5.74, 6) is -1.04. The van der Waals surface area contributed by atoms with E-state index in [9.17, 15) is 10.0 Å². The van der Waals surface area contributed by atoms with Crippen LogP contribution in [-0.2, 0) is 0 Å². The standard InChI is InChI=1S/C7H6INO4/c10-7(11)5-2-1-3-6(4-5)8-9(12)13/h1-4,12H,(H,10,11)/q-2. The summed E-state index contributed by atoms with van der Waals surface area (Å²) in [6, 6.07) is 5.97. The van der Waals surface area contributed by atoms with Crippen LogP contribution in [0.3, 0.4) is 0 Å². The van der Waals surface area contributed by atoms with Crippen molar-refractivity contribution in [3.8, 4) is 0 Å². The average molecular weight is 295 g/mol. The molecule has 2 N–H and O–H groups in total. The van der Waals surface area contributed by atoms with E-state index in [-0.39, 0.29) is 9.00 Å². The Kier molecular flexibility index (Phi) is 3.60. The second-order valence-electron chi connectivity index (χ2n) is 2.13. The molecule has 6 heteroatoms. The van der Waals surface area contributed by atoms with Crippen molar-refractivity contribution in [3.63, 3.8) is 0 Å². The summed E-state index contributed by atoms with van der Waals surface area (Å²) in [6.07, 6.45) is 0. The van der Waals surface area contributed by atoms with Crippen LogP contribution in [0.15, 0.2) is 24.3 Å². The monoisotopic (exact) mass is 295 g/mol. The van der Waals surface area contributed by atoms with Crippen molar-refractivity contribution in [2.24, 2.45) is 0 Å².